The Hall–Kier alpha value is -2.86. The van der Waals surface area contributed by atoms with E-state index in [4.69, 9.17) is 9.47 Å². The summed E-state index contributed by atoms with van der Waals surface area (Å²) in [5, 5.41) is 12.3. The zero-order valence-electron chi connectivity index (χ0n) is 16.2. The van der Waals surface area contributed by atoms with Crippen LogP contribution in [-0.4, -0.2) is 43.5 Å². The van der Waals surface area contributed by atoms with Crippen molar-refractivity contribution in [3.63, 3.8) is 0 Å². The molecule has 1 aliphatic carbocycles. The molecule has 1 saturated heterocycles. The van der Waals surface area contributed by atoms with E-state index in [-0.39, 0.29) is 19.1 Å². The highest BCUT2D eigenvalue weighted by atomic mass is 16.5. The number of amides is 1. The molecule has 6 heteroatoms. The van der Waals surface area contributed by atoms with Gasteiger partial charge in [-0.1, -0.05) is 48.5 Å². The van der Waals surface area contributed by atoms with Gasteiger partial charge in [0.05, 0.1) is 5.41 Å². The van der Waals surface area contributed by atoms with Crippen LogP contribution in [0.5, 0.6) is 0 Å². The predicted octanol–water partition coefficient (Wildman–Crippen LogP) is 3.80. The molecule has 1 aliphatic heterocycles. The Morgan fingerprint density at radius 2 is 1.62 bits per heavy atom. The molecule has 0 atom stereocenters. The molecule has 4 rings (SSSR count). The summed E-state index contributed by atoms with van der Waals surface area (Å²) in [4.78, 5) is 23.9. The number of benzene rings is 2. The fraction of sp³-hybridized carbons (Fsp3) is 0.391. The van der Waals surface area contributed by atoms with E-state index in [2.05, 4.69) is 29.6 Å². The lowest BCUT2D eigenvalue weighted by Gasteiger charge is -2.33. The van der Waals surface area contributed by atoms with E-state index in [1.54, 1.807) is 0 Å². The molecule has 0 spiro atoms. The molecule has 0 aromatic heterocycles. The molecule has 0 bridgehead atoms. The second-order valence-corrected chi connectivity index (χ2v) is 7.70. The van der Waals surface area contributed by atoms with Gasteiger partial charge >= 0.3 is 12.1 Å². The highest BCUT2D eigenvalue weighted by Gasteiger charge is 2.39. The molecular formula is C23H25NO5. The number of rotatable bonds is 6. The van der Waals surface area contributed by atoms with Crippen LogP contribution in [0.2, 0.25) is 0 Å². The third-order valence-corrected chi connectivity index (χ3v) is 6.12. The summed E-state index contributed by atoms with van der Waals surface area (Å²) < 4.78 is 10.8. The molecule has 1 heterocycles. The normalized spacial score (nSPS) is 17.2. The molecule has 2 N–H and O–H groups in total. The molecule has 2 aliphatic rings. The van der Waals surface area contributed by atoms with Gasteiger partial charge in [0, 0.05) is 25.7 Å². The highest BCUT2D eigenvalue weighted by molar-refractivity contribution is 5.79. The monoisotopic (exact) mass is 395 g/mol. The zero-order chi connectivity index (χ0) is 20.3. The number of alkyl carbamates (subject to hydrolysis) is 1. The van der Waals surface area contributed by atoms with Crippen LogP contribution >= 0.6 is 0 Å². The lowest BCUT2D eigenvalue weighted by molar-refractivity contribution is -0.155. The first kappa shape index (κ1) is 19.5. The molecule has 0 unspecified atom stereocenters. The highest BCUT2D eigenvalue weighted by Crippen LogP contribution is 2.44. The van der Waals surface area contributed by atoms with Crippen molar-refractivity contribution in [1.29, 1.82) is 0 Å². The lowest BCUT2D eigenvalue weighted by atomic mass is 9.77. The van der Waals surface area contributed by atoms with Gasteiger partial charge in [0.25, 0.3) is 0 Å². The number of carbonyl (C=O) groups is 2. The Balaban J connectivity index is 1.34. The van der Waals surface area contributed by atoms with Crippen molar-refractivity contribution in [2.75, 3.05) is 26.4 Å². The van der Waals surface area contributed by atoms with Crippen LogP contribution < -0.4 is 5.32 Å². The number of aliphatic carboxylic acids is 1. The van der Waals surface area contributed by atoms with E-state index >= 15 is 0 Å². The van der Waals surface area contributed by atoms with Gasteiger partial charge in [-0.25, -0.2) is 4.79 Å². The van der Waals surface area contributed by atoms with Crippen molar-refractivity contribution in [3.8, 4) is 11.1 Å². The summed E-state index contributed by atoms with van der Waals surface area (Å²) in [6.45, 7) is 1.40. The molecular weight excluding hydrogens is 370 g/mol. The smallest absolute Gasteiger partial charge is 0.407 e. The van der Waals surface area contributed by atoms with Crippen LogP contribution in [0.1, 0.15) is 36.3 Å². The minimum atomic E-state index is -0.825. The third-order valence-electron chi connectivity index (χ3n) is 6.12. The van der Waals surface area contributed by atoms with E-state index in [0.717, 1.165) is 11.1 Å². The minimum absolute atomic E-state index is 0.00834. The number of ether oxygens (including phenoxy) is 2. The van der Waals surface area contributed by atoms with E-state index < -0.39 is 17.5 Å². The number of nitrogens with one attached hydrogen (secondary N) is 1. The first-order chi connectivity index (χ1) is 14.1. The molecule has 29 heavy (non-hydrogen) atoms. The number of carbonyl (C=O) groups excluding carboxylic acids is 1. The number of carboxylic acids is 1. The summed E-state index contributed by atoms with van der Waals surface area (Å²) in [5.41, 5.74) is 3.86. The van der Waals surface area contributed by atoms with Gasteiger partial charge in [0.1, 0.15) is 6.61 Å². The van der Waals surface area contributed by atoms with E-state index in [1.165, 1.54) is 11.1 Å². The van der Waals surface area contributed by atoms with Crippen LogP contribution in [-0.2, 0) is 14.3 Å². The standard InChI is InChI=1S/C23H25NO5/c25-21(26)23(10-13-28-14-11-23)9-12-24-22(27)29-15-20-18-7-3-1-5-16(18)17-6-2-4-8-19(17)20/h1-8,20H,9-15H2,(H,24,27)(H,25,26). The van der Waals surface area contributed by atoms with Gasteiger partial charge in [-0.05, 0) is 41.5 Å². The zero-order valence-corrected chi connectivity index (χ0v) is 16.2. The van der Waals surface area contributed by atoms with Gasteiger partial charge in [0.15, 0.2) is 0 Å². The van der Waals surface area contributed by atoms with Gasteiger partial charge in [-0.15, -0.1) is 0 Å². The average molecular weight is 395 g/mol. The summed E-state index contributed by atoms with van der Waals surface area (Å²) in [6, 6.07) is 16.3. The van der Waals surface area contributed by atoms with Crippen molar-refractivity contribution >= 4 is 12.1 Å². The minimum Gasteiger partial charge on any atom is -0.481 e. The molecule has 2 aromatic carbocycles. The van der Waals surface area contributed by atoms with Gasteiger partial charge in [0.2, 0.25) is 0 Å². The van der Waals surface area contributed by atoms with Crippen molar-refractivity contribution < 1.29 is 24.2 Å². The van der Waals surface area contributed by atoms with E-state index in [9.17, 15) is 14.7 Å². The summed E-state index contributed by atoms with van der Waals surface area (Å²) in [6.07, 6.45) is 0.790. The number of fused-ring (bicyclic) bond motifs is 3. The SMILES string of the molecule is O=C(NCCC1(C(=O)O)CCOCC1)OCC1c2ccccc2-c2ccccc21. The van der Waals surface area contributed by atoms with Crippen molar-refractivity contribution in [2.24, 2.45) is 5.41 Å². The van der Waals surface area contributed by atoms with E-state index in [1.807, 2.05) is 24.3 Å². The lowest BCUT2D eigenvalue weighted by Crippen LogP contribution is -2.40. The maximum atomic E-state index is 12.2. The largest absolute Gasteiger partial charge is 0.481 e. The molecule has 1 fully saturated rings. The molecule has 1 amide bonds. The van der Waals surface area contributed by atoms with Crippen LogP contribution in [0.15, 0.2) is 48.5 Å². The topological polar surface area (TPSA) is 84.9 Å². The van der Waals surface area contributed by atoms with Gasteiger partial charge in [-0.2, -0.15) is 0 Å². The third kappa shape index (κ3) is 3.85. The molecule has 0 saturated carbocycles. The van der Waals surface area contributed by atoms with E-state index in [0.29, 0.717) is 32.5 Å². The quantitative estimate of drug-likeness (QED) is 0.777. The number of hydrogen-bond acceptors (Lipinski definition) is 4. The maximum absolute atomic E-state index is 12.2. The summed E-state index contributed by atoms with van der Waals surface area (Å²) in [5.74, 6) is -0.816. The van der Waals surface area contributed by atoms with Gasteiger partial charge in [-0.3, -0.25) is 4.79 Å². The fourth-order valence-corrected chi connectivity index (χ4v) is 4.39. The van der Waals surface area contributed by atoms with Gasteiger partial charge < -0.3 is 19.9 Å². The van der Waals surface area contributed by atoms with Crippen LogP contribution in [0, 0.1) is 5.41 Å². The Morgan fingerprint density at radius 1 is 1.03 bits per heavy atom. The Labute approximate surface area is 169 Å². The van der Waals surface area contributed by atoms with Crippen molar-refractivity contribution in [1.82, 2.24) is 5.32 Å². The molecule has 0 radical (unpaired) electrons. The first-order valence-corrected chi connectivity index (χ1v) is 10.0. The Bertz CT molecular complexity index is 858. The second-order valence-electron chi connectivity index (χ2n) is 7.70. The molecule has 152 valence electrons. The Morgan fingerprint density at radius 3 is 2.21 bits per heavy atom. The second kappa shape index (κ2) is 8.25. The van der Waals surface area contributed by atoms with Crippen LogP contribution in [0.3, 0.4) is 0 Å². The number of hydrogen-bond donors (Lipinski definition) is 2. The van der Waals surface area contributed by atoms with Crippen LogP contribution in [0.4, 0.5) is 4.79 Å². The van der Waals surface area contributed by atoms with Crippen molar-refractivity contribution in [2.45, 2.75) is 25.2 Å². The maximum Gasteiger partial charge on any atom is 0.407 e. The molecule has 2 aromatic rings. The summed E-state index contributed by atoms with van der Waals surface area (Å²) >= 11 is 0. The molecule has 6 nitrogen and oxygen atoms in total. The number of carboxylic acid groups (broad SMARTS) is 1. The Kier molecular flexibility index (Phi) is 5.53. The van der Waals surface area contributed by atoms with Crippen molar-refractivity contribution in [3.05, 3.63) is 59.7 Å². The predicted molar refractivity (Wildman–Crippen MR) is 108 cm³/mol. The summed E-state index contributed by atoms with van der Waals surface area (Å²) in [7, 11) is 0. The average Bonchev–Trinajstić information content (AvgIpc) is 3.07. The van der Waals surface area contributed by atoms with Crippen LogP contribution in [0.25, 0.3) is 11.1 Å². The fourth-order valence-electron chi connectivity index (χ4n) is 4.39. The first-order valence-electron chi connectivity index (χ1n) is 10.0.